The fourth-order valence-corrected chi connectivity index (χ4v) is 3.00. The number of hydrogen-bond donors (Lipinski definition) is 1. The summed E-state index contributed by atoms with van der Waals surface area (Å²) in [6, 6.07) is 11.4. The molecular formula is C19H20N4OS. The zero-order chi connectivity index (χ0) is 17.9. The molecule has 0 atom stereocenters. The van der Waals surface area contributed by atoms with Crippen LogP contribution >= 0.6 is 11.3 Å². The van der Waals surface area contributed by atoms with Crippen LogP contribution in [0.2, 0.25) is 0 Å². The molecule has 0 fully saturated rings. The summed E-state index contributed by atoms with van der Waals surface area (Å²) in [5, 5.41) is 6.84. The molecule has 0 spiro atoms. The fraction of sp³-hybridized carbons (Fsp3) is 0.211. The molecule has 1 N–H and O–H groups in total. The Morgan fingerprint density at radius 1 is 1.24 bits per heavy atom. The average Bonchev–Trinajstić information content (AvgIpc) is 3.25. The smallest absolute Gasteiger partial charge is 0.271 e. The van der Waals surface area contributed by atoms with Gasteiger partial charge in [-0.05, 0) is 35.2 Å². The molecule has 0 saturated carbocycles. The Balaban J connectivity index is 1.67. The first kappa shape index (κ1) is 17.1. The van der Waals surface area contributed by atoms with Crippen LogP contribution in [0.25, 0.3) is 5.13 Å². The van der Waals surface area contributed by atoms with E-state index in [2.05, 4.69) is 36.3 Å². The summed E-state index contributed by atoms with van der Waals surface area (Å²) >= 11 is 1.54. The molecule has 0 aliphatic rings. The highest BCUT2D eigenvalue weighted by atomic mass is 32.1. The SMILES string of the molecule is CC(C)(C)c1ccc(C(=O)NN=Cc2cccn2-c2nccs2)cc1. The van der Waals surface area contributed by atoms with Crippen molar-refractivity contribution < 1.29 is 4.79 Å². The molecule has 1 aromatic carbocycles. The van der Waals surface area contributed by atoms with E-state index < -0.39 is 0 Å². The molecule has 5 nitrogen and oxygen atoms in total. The number of benzene rings is 1. The Morgan fingerprint density at radius 3 is 2.64 bits per heavy atom. The largest absolute Gasteiger partial charge is 0.292 e. The first-order valence-corrected chi connectivity index (χ1v) is 8.84. The lowest BCUT2D eigenvalue weighted by molar-refractivity contribution is 0.0955. The number of carbonyl (C=O) groups excluding carboxylic acids is 1. The lowest BCUT2D eigenvalue weighted by atomic mass is 9.87. The molecule has 128 valence electrons. The van der Waals surface area contributed by atoms with E-state index in [1.165, 1.54) is 16.9 Å². The number of thiazole rings is 1. The van der Waals surface area contributed by atoms with Gasteiger partial charge in [-0.15, -0.1) is 11.3 Å². The number of aromatic nitrogens is 2. The summed E-state index contributed by atoms with van der Waals surface area (Å²) in [7, 11) is 0. The summed E-state index contributed by atoms with van der Waals surface area (Å²) in [5.74, 6) is -0.232. The lowest BCUT2D eigenvalue weighted by Crippen LogP contribution is -2.18. The van der Waals surface area contributed by atoms with Crippen LogP contribution in [-0.4, -0.2) is 21.7 Å². The minimum absolute atomic E-state index is 0.0639. The highest BCUT2D eigenvalue weighted by Gasteiger charge is 2.14. The van der Waals surface area contributed by atoms with E-state index in [1.54, 1.807) is 12.4 Å². The molecule has 3 rings (SSSR count). The van der Waals surface area contributed by atoms with E-state index in [-0.39, 0.29) is 11.3 Å². The Labute approximate surface area is 151 Å². The molecule has 0 unspecified atom stereocenters. The molecule has 0 radical (unpaired) electrons. The van der Waals surface area contributed by atoms with Gasteiger partial charge in [0.15, 0.2) is 5.13 Å². The van der Waals surface area contributed by atoms with Gasteiger partial charge in [-0.25, -0.2) is 10.4 Å². The molecule has 0 aliphatic carbocycles. The van der Waals surface area contributed by atoms with Crippen molar-refractivity contribution in [2.45, 2.75) is 26.2 Å². The van der Waals surface area contributed by atoms with Gasteiger partial charge >= 0.3 is 0 Å². The van der Waals surface area contributed by atoms with Gasteiger partial charge in [-0.3, -0.25) is 9.36 Å². The van der Waals surface area contributed by atoms with Crippen LogP contribution < -0.4 is 5.43 Å². The number of nitrogens with zero attached hydrogens (tertiary/aromatic N) is 3. The average molecular weight is 352 g/mol. The summed E-state index contributed by atoms with van der Waals surface area (Å²) in [6.07, 6.45) is 5.28. The maximum Gasteiger partial charge on any atom is 0.271 e. The molecule has 0 bridgehead atoms. The molecule has 25 heavy (non-hydrogen) atoms. The minimum Gasteiger partial charge on any atom is -0.292 e. The van der Waals surface area contributed by atoms with Crippen LogP contribution in [0.5, 0.6) is 0 Å². The Morgan fingerprint density at radius 2 is 2.00 bits per heavy atom. The number of nitrogens with one attached hydrogen (secondary N) is 1. The maximum absolute atomic E-state index is 12.2. The second-order valence-electron chi connectivity index (χ2n) is 6.64. The first-order valence-electron chi connectivity index (χ1n) is 7.96. The highest BCUT2D eigenvalue weighted by molar-refractivity contribution is 7.12. The topological polar surface area (TPSA) is 59.3 Å². The van der Waals surface area contributed by atoms with Gasteiger partial charge in [0.1, 0.15) is 0 Å². The van der Waals surface area contributed by atoms with Crippen LogP contribution in [0.15, 0.2) is 59.3 Å². The number of rotatable bonds is 4. The summed E-state index contributed by atoms with van der Waals surface area (Å²) in [6.45, 7) is 6.43. The van der Waals surface area contributed by atoms with Crippen molar-refractivity contribution in [2.75, 3.05) is 0 Å². The lowest BCUT2D eigenvalue weighted by Gasteiger charge is -2.18. The van der Waals surface area contributed by atoms with Crippen LogP contribution in [0.3, 0.4) is 0 Å². The van der Waals surface area contributed by atoms with E-state index >= 15 is 0 Å². The summed E-state index contributed by atoms with van der Waals surface area (Å²) in [5.41, 5.74) is 5.25. The van der Waals surface area contributed by atoms with Crippen molar-refractivity contribution in [1.29, 1.82) is 0 Å². The quantitative estimate of drug-likeness (QED) is 0.570. The van der Waals surface area contributed by atoms with Gasteiger partial charge in [0.2, 0.25) is 0 Å². The van der Waals surface area contributed by atoms with Crippen LogP contribution in [0.4, 0.5) is 0 Å². The van der Waals surface area contributed by atoms with Crippen molar-refractivity contribution in [3.63, 3.8) is 0 Å². The van der Waals surface area contributed by atoms with E-state index in [1.807, 2.05) is 52.5 Å². The normalized spacial score (nSPS) is 11.8. The predicted octanol–water partition coefficient (Wildman–Crippen LogP) is 4.00. The molecule has 2 aromatic heterocycles. The Kier molecular flexibility index (Phi) is 4.81. The number of hydrazone groups is 1. The van der Waals surface area contributed by atoms with Gasteiger partial charge in [0.05, 0.1) is 11.9 Å². The molecule has 1 amide bonds. The van der Waals surface area contributed by atoms with Crippen molar-refractivity contribution >= 4 is 23.5 Å². The zero-order valence-corrected chi connectivity index (χ0v) is 15.2. The zero-order valence-electron chi connectivity index (χ0n) is 14.4. The monoisotopic (exact) mass is 352 g/mol. The van der Waals surface area contributed by atoms with Crippen molar-refractivity contribution in [3.05, 3.63) is 71.0 Å². The highest BCUT2D eigenvalue weighted by Crippen LogP contribution is 2.22. The van der Waals surface area contributed by atoms with Gasteiger partial charge in [0.25, 0.3) is 5.91 Å². The molecule has 0 aliphatic heterocycles. The van der Waals surface area contributed by atoms with E-state index in [4.69, 9.17) is 0 Å². The molecule has 2 heterocycles. The molecule has 0 saturated heterocycles. The maximum atomic E-state index is 12.2. The second kappa shape index (κ2) is 7.03. The van der Waals surface area contributed by atoms with Crippen LogP contribution in [0, 0.1) is 0 Å². The van der Waals surface area contributed by atoms with Crippen LogP contribution in [-0.2, 0) is 5.41 Å². The van der Waals surface area contributed by atoms with Crippen LogP contribution in [0.1, 0.15) is 42.4 Å². The predicted molar refractivity (Wildman–Crippen MR) is 102 cm³/mol. The van der Waals surface area contributed by atoms with Gasteiger partial charge in [-0.2, -0.15) is 5.10 Å². The Bertz CT molecular complexity index is 871. The van der Waals surface area contributed by atoms with E-state index in [9.17, 15) is 4.79 Å². The number of amides is 1. The molecule has 6 heteroatoms. The van der Waals surface area contributed by atoms with Gasteiger partial charge in [0, 0.05) is 23.3 Å². The Hall–Kier alpha value is -2.73. The third kappa shape index (κ3) is 4.03. The molecule has 3 aromatic rings. The number of hydrogen-bond acceptors (Lipinski definition) is 4. The van der Waals surface area contributed by atoms with Crippen molar-refractivity contribution in [2.24, 2.45) is 5.10 Å². The number of carbonyl (C=O) groups is 1. The van der Waals surface area contributed by atoms with Crippen molar-refractivity contribution in [3.8, 4) is 5.13 Å². The molecular weight excluding hydrogens is 332 g/mol. The summed E-state index contributed by atoms with van der Waals surface area (Å²) < 4.78 is 1.92. The third-order valence-electron chi connectivity index (χ3n) is 3.78. The summed E-state index contributed by atoms with van der Waals surface area (Å²) in [4.78, 5) is 16.5. The first-order chi connectivity index (χ1) is 11.9. The van der Waals surface area contributed by atoms with E-state index in [0.717, 1.165) is 10.8 Å². The fourth-order valence-electron chi connectivity index (χ4n) is 2.35. The standard InChI is InChI=1S/C19H20N4OS/c1-19(2,3)15-8-6-14(7-9-15)17(24)22-21-13-16-5-4-11-23(16)18-20-10-12-25-18/h4-13H,1-3H3,(H,22,24). The van der Waals surface area contributed by atoms with Crippen molar-refractivity contribution in [1.82, 2.24) is 15.0 Å². The third-order valence-corrected chi connectivity index (χ3v) is 4.55. The van der Waals surface area contributed by atoms with Gasteiger partial charge < -0.3 is 0 Å². The van der Waals surface area contributed by atoms with Gasteiger partial charge in [-0.1, -0.05) is 32.9 Å². The second-order valence-corrected chi connectivity index (χ2v) is 7.52. The van der Waals surface area contributed by atoms with E-state index in [0.29, 0.717) is 5.56 Å². The minimum atomic E-state index is -0.232.